The number of hydrogen-bond acceptors (Lipinski definition) is 5. The van der Waals surface area contributed by atoms with Crippen LogP contribution in [0.4, 0.5) is 0 Å². The quantitative estimate of drug-likeness (QED) is 0.773. The van der Waals surface area contributed by atoms with Crippen LogP contribution in [-0.4, -0.2) is 38.0 Å². The van der Waals surface area contributed by atoms with E-state index < -0.39 is 5.97 Å². The van der Waals surface area contributed by atoms with Crippen molar-refractivity contribution in [2.24, 2.45) is 0 Å². The van der Waals surface area contributed by atoms with Gasteiger partial charge in [-0.05, 0) is 31.2 Å². The number of amides is 1. The van der Waals surface area contributed by atoms with Crippen molar-refractivity contribution in [2.45, 2.75) is 13.5 Å². The first-order chi connectivity index (χ1) is 11.4. The summed E-state index contributed by atoms with van der Waals surface area (Å²) in [7, 11) is 4.41. The van der Waals surface area contributed by atoms with Gasteiger partial charge in [0.25, 0.3) is 5.91 Å². The lowest BCUT2D eigenvalue weighted by Crippen LogP contribution is -2.26. The Morgan fingerprint density at radius 3 is 2.54 bits per heavy atom. The Balaban J connectivity index is 2.19. The van der Waals surface area contributed by atoms with Gasteiger partial charge in [0.1, 0.15) is 22.8 Å². The van der Waals surface area contributed by atoms with Crippen LogP contribution < -0.4 is 4.74 Å². The lowest BCUT2D eigenvalue weighted by Gasteiger charge is -2.17. The molecule has 0 aliphatic rings. The molecule has 0 saturated carbocycles. The van der Waals surface area contributed by atoms with Gasteiger partial charge in [0.15, 0.2) is 0 Å². The highest BCUT2D eigenvalue weighted by Gasteiger charge is 2.20. The molecular formula is C17H18ClNO5. The van der Waals surface area contributed by atoms with Crippen LogP contribution in [0.15, 0.2) is 28.7 Å². The SMILES string of the molecule is COC(=O)c1cc(CN(C)C(=O)c2ccc(Cl)cc2OC)oc1C. The Hall–Kier alpha value is -2.47. The smallest absolute Gasteiger partial charge is 0.341 e. The minimum Gasteiger partial charge on any atom is -0.496 e. The van der Waals surface area contributed by atoms with Crippen molar-refractivity contribution < 1.29 is 23.5 Å². The summed E-state index contributed by atoms with van der Waals surface area (Å²) >= 11 is 5.91. The molecule has 128 valence electrons. The number of ether oxygens (including phenoxy) is 2. The molecule has 0 spiro atoms. The topological polar surface area (TPSA) is 69.0 Å². The molecule has 0 atom stereocenters. The van der Waals surface area contributed by atoms with Crippen LogP contribution in [0.5, 0.6) is 5.75 Å². The number of esters is 1. The Kier molecular flexibility index (Phi) is 5.51. The highest BCUT2D eigenvalue weighted by atomic mass is 35.5. The maximum Gasteiger partial charge on any atom is 0.341 e. The normalized spacial score (nSPS) is 10.4. The van der Waals surface area contributed by atoms with Crippen LogP contribution in [0.1, 0.15) is 32.2 Å². The van der Waals surface area contributed by atoms with Gasteiger partial charge in [0, 0.05) is 12.1 Å². The molecule has 0 aliphatic heterocycles. The first kappa shape index (κ1) is 17.9. The van der Waals surface area contributed by atoms with Gasteiger partial charge in [-0.3, -0.25) is 4.79 Å². The number of carbonyl (C=O) groups is 2. The van der Waals surface area contributed by atoms with Gasteiger partial charge >= 0.3 is 5.97 Å². The lowest BCUT2D eigenvalue weighted by atomic mass is 10.1. The molecule has 7 heteroatoms. The standard InChI is InChI=1S/C17H18ClNO5/c1-10-14(17(21)23-4)8-12(24-10)9-19(2)16(20)13-6-5-11(18)7-15(13)22-3/h5-8H,9H2,1-4H3. The van der Waals surface area contributed by atoms with Crippen molar-refractivity contribution in [1.29, 1.82) is 0 Å². The van der Waals surface area contributed by atoms with Crippen LogP contribution in [-0.2, 0) is 11.3 Å². The summed E-state index contributed by atoms with van der Waals surface area (Å²) in [5, 5.41) is 0.482. The predicted molar refractivity (Wildman–Crippen MR) is 88.6 cm³/mol. The van der Waals surface area contributed by atoms with E-state index in [-0.39, 0.29) is 12.5 Å². The Bertz CT molecular complexity index is 768. The third-order valence-electron chi connectivity index (χ3n) is 3.51. The van der Waals surface area contributed by atoms with Crippen LogP contribution >= 0.6 is 11.6 Å². The van der Waals surface area contributed by atoms with E-state index in [0.717, 1.165) is 0 Å². The van der Waals surface area contributed by atoms with Gasteiger partial charge in [-0.2, -0.15) is 0 Å². The van der Waals surface area contributed by atoms with Crippen molar-refractivity contribution in [2.75, 3.05) is 21.3 Å². The highest BCUT2D eigenvalue weighted by molar-refractivity contribution is 6.30. The van der Waals surface area contributed by atoms with E-state index in [9.17, 15) is 9.59 Å². The minimum absolute atomic E-state index is 0.197. The lowest BCUT2D eigenvalue weighted by molar-refractivity contribution is 0.0598. The van der Waals surface area contributed by atoms with Crippen molar-refractivity contribution in [3.8, 4) is 5.75 Å². The van der Waals surface area contributed by atoms with Gasteiger partial charge in [-0.25, -0.2) is 4.79 Å². The van der Waals surface area contributed by atoms with E-state index >= 15 is 0 Å². The van der Waals surface area contributed by atoms with E-state index in [2.05, 4.69) is 4.74 Å². The Labute approximate surface area is 144 Å². The second kappa shape index (κ2) is 7.40. The number of furan rings is 1. The molecule has 2 aromatic rings. The molecular weight excluding hydrogens is 334 g/mol. The zero-order chi connectivity index (χ0) is 17.9. The van der Waals surface area contributed by atoms with Crippen molar-refractivity contribution in [3.63, 3.8) is 0 Å². The van der Waals surface area contributed by atoms with E-state index in [1.807, 2.05) is 0 Å². The molecule has 1 aromatic heterocycles. The number of nitrogens with zero attached hydrogens (tertiary/aromatic N) is 1. The largest absolute Gasteiger partial charge is 0.496 e. The monoisotopic (exact) mass is 351 g/mol. The van der Waals surface area contributed by atoms with Crippen molar-refractivity contribution >= 4 is 23.5 Å². The molecule has 6 nitrogen and oxygen atoms in total. The molecule has 0 unspecified atom stereocenters. The summed E-state index contributed by atoms with van der Waals surface area (Å²) in [4.78, 5) is 25.7. The molecule has 1 amide bonds. The second-order valence-corrected chi connectivity index (χ2v) is 5.62. The van der Waals surface area contributed by atoms with Crippen LogP contribution in [0.2, 0.25) is 5.02 Å². The number of aryl methyl sites for hydroxylation is 1. The molecule has 2 rings (SSSR count). The predicted octanol–water partition coefficient (Wildman–Crippen LogP) is 3.31. The fourth-order valence-corrected chi connectivity index (χ4v) is 2.45. The second-order valence-electron chi connectivity index (χ2n) is 5.18. The third kappa shape index (κ3) is 3.71. The number of hydrogen-bond donors (Lipinski definition) is 0. The molecule has 0 radical (unpaired) electrons. The van der Waals surface area contributed by atoms with Crippen LogP contribution in [0.3, 0.4) is 0 Å². The van der Waals surface area contributed by atoms with Gasteiger partial charge < -0.3 is 18.8 Å². The highest BCUT2D eigenvalue weighted by Crippen LogP contribution is 2.25. The third-order valence-corrected chi connectivity index (χ3v) is 3.74. The van der Waals surface area contributed by atoms with Gasteiger partial charge in [-0.15, -0.1) is 0 Å². The molecule has 24 heavy (non-hydrogen) atoms. The molecule has 0 aliphatic carbocycles. The van der Waals surface area contributed by atoms with E-state index in [1.165, 1.54) is 19.1 Å². The first-order valence-corrected chi connectivity index (χ1v) is 7.51. The summed E-state index contributed by atoms with van der Waals surface area (Å²) in [5.41, 5.74) is 0.735. The van der Waals surface area contributed by atoms with Gasteiger partial charge in [0.05, 0.1) is 26.3 Å². The number of carbonyl (C=O) groups excluding carboxylic acids is 2. The molecule has 0 N–H and O–H groups in total. The van der Waals surface area contributed by atoms with E-state index in [1.54, 1.807) is 38.2 Å². The Morgan fingerprint density at radius 1 is 1.21 bits per heavy atom. The summed E-state index contributed by atoms with van der Waals surface area (Å²) < 4.78 is 15.4. The summed E-state index contributed by atoms with van der Waals surface area (Å²) in [6.45, 7) is 1.86. The number of benzene rings is 1. The average Bonchev–Trinajstić information content (AvgIpc) is 2.93. The molecule has 1 heterocycles. The maximum absolute atomic E-state index is 12.6. The summed E-state index contributed by atoms with van der Waals surface area (Å²) in [6, 6.07) is 6.38. The van der Waals surface area contributed by atoms with Gasteiger partial charge in [0.2, 0.25) is 0 Å². The zero-order valence-corrected chi connectivity index (χ0v) is 14.6. The molecule has 0 saturated heterocycles. The molecule has 0 fully saturated rings. The van der Waals surface area contributed by atoms with Gasteiger partial charge in [-0.1, -0.05) is 11.6 Å². The van der Waals surface area contributed by atoms with Crippen LogP contribution in [0, 0.1) is 6.92 Å². The minimum atomic E-state index is -0.476. The number of halogens is 1. The first-order valence-electron chi connectivity index (χ1n) is 7.14. The fraction of sp³-hybridized carbons (Fsp3) is 0.294. The maximum atomic E-state index is 12.6. The fourth-order valence-electron chi connectivity index (χ4n) is 2.29. The van der Waals surface area contributed by atoms with E-state index in [4.69, 9.17) is 20.8 Å². The summed E-state index contributed by atoms with van der Waals surface area (Å²) in [5.74, 6) is 0.594. The Morgan fingerprint density at radius 2 is 1.92 bits per heavy atom. The molecule has 1 aromatic carbocycles. The zero-order valence-electron chi connectivity index (χ0n) is 13.9. The number of methoxy groups -OCH3 is 2. The van der Waals surface area contributed by atoms with Crippen molar-refractivity contribution in [3.05, 3.63) is 51.9 Å². The summed E-state index contributed by atoms with van der Waals surface area (Å²) in [6.07, 6.45) is 0. The van der Waals surface area contributed by atoms with Crippen molar-refractivity contribution in [1.82, 2.24) is 4.90 Å². The molecule has 0 bridgehead atoms. The van der Waals surface area contributed by atoms with E-state index in [0.29, 0.717) is 33.4 Å². The van der Waals surface area contributed by atoms with Crippen LogP contribution in [0.25, 0.3) is 0 Å². The number of rotatable bonds is 5. The average molecular weight is 352 g/mol.